The van der Waals surface area contributed by atoms with E-state index in [2.05, 4.69) is 11.9 Å². The van der Waals surface area contributed by atoms with Crippen molar-refractivity contribution >= 4 is 35.6 Å². The fraction of sp³-hybridized carbons (Fsp3) is 0.370. The van der Waals surface area contributed by atoms with Gasteiger partial charge in [-0.15, -0.1) is 6.58 Å². The van der Waals surface area contributed by atoms with Gasteiger partial charge in [0.2, 0.25) is 12.3 Å². The van der Waals surface area contributed by atoms with Crippen molar-refractivity contribution in [2.24, 2.45) is 0 Å². The molecule has 0 aromatic heterocycles. The Balaban J connectivity index is 1.90. The van der Waals surface area contributed by atoms with E-state index in [-0.39, 0.29) is 25.0 Å². The Kier molecular flexibility index (Phi) is 9.93. The number of anilines is 1. The molecule has 0 spiro atoms. The predicted octanol–water partition coefficient (Wildman–Crippen LogP) is 3.17. The van der Waals surface area contributed by atoms with Crippen LogP contribution in [0.15, 0.2) is 61.2 Å². The van der Waals surface area contributed by atoms with Crippen LogP contribution >= 0.6 is 11.6 Å². The molecule has 2 aromatic carbocycles. The van der Waals surface area contributed by atoms with Crippen molar-refractivity contribution in [1.29, 1.82) is 0 Å². The van der Waals surface area contributed by atoms with Gasteiger partial charge in [0.1, 0.15) is 12.7 Å². The molecule has 1 unspecified atom stereocenters. The second-order valence-corrected chi connectivity index (χ2v) is 9.36. The first-order valence-electron chi connectivity index (χ1n) is 12.2. The fourth-order valence-corrected chi connectivity index (χ4v) is 4.83. The van der Waals surface area contributed by atoms with Crippen LogP contribution in [-0.2, 0) is 22.7 Å². The third-order valence-corrected chi connectivity index (χ3v) is 6.54. The molecule has 3 rings (SSSR count). The van der Waals surface area contributed by atoms with Gasteiger partial charge in [-0.3, -0.25) is 9.59 Å². The number of benzene rings is 2. The lowest BCUT2D eigenvalue weighted by Crippen LogP contribution is -2.67. The van der Waals surface area contributed by atoms with Gasteiger partial charge < -0.3 is 20.0 Å². The van der Waals surface area contributed by atoms with E-state index in [1.54, 1.807) is 11.0 Å². The fourth-order valence-electron chi connectivity index (χ4n) is 4.46. The summed E-state index contributed by atoms with van der Waals surface area (Å²) in [5.41, 5.74) is 2.65. The molecule has 1 N–H and O–H groups in total. The number of amides is 4. The van der Waals surface area contributed by atoms with Crippen molar-refractivity contribution in [1.82, 2.24) is 25.1 Å². The number of carbonyl (C=O) groups is 3. The van der Waals surface area contributed by atoms with E-state index in [1.165, 1.54) is 9.91 Å². The number of piperazine rings is 1. The van der Waals surface area contributed by atoms with E-state index in [0.29, 0.717) is 37.6 Å². The minimum Gasteiger partial charge on any atom is -0.376 e. The van der Waals surface area contributed by atoms with E-state index < -0.39 is 6.17 Å². The van der Waals surface area contributed by atoms with Crippen LogP contribution in [0.5, 0.6) is 0 Å². The number of hydrazine groups is 1. The SMILES string of the molecule is C=CCN(CC)N(C(=O)NCc1ccccc1)C1CN(Cc2cccc(Cl)c2N(C)C)C(=O)CN1C=O. The summed E-state index contributed by atoms with van der Waals surface area (Å²) >= 11 is 6.45. The van der Waals surface area contributed by atoms with Gasteiger partial charge >= 0.3 is 6.03 Å². The van der Waals surface area contributed by atoms with Crippen LogP contribution in [0.1, 0.15) is 18.1 Å². The lowest BCUT2D eigenvalue weighted by molar-refractivity contribution is -0.157. The molecule has 1 aliphatic rings. The number of para-hydroxylation sites is 1. The Hall–Kier alpha value is -3.56. The third kappa shape index (κ3) is 6.81. The zero-order valence-corrected chi connectivity index (χ0v) is 22.4. The summed E-state index contributed by atoms with van der Waals surface area (Å²) in [6, 6.07) is 14.8. The van der Waals surface area contributed by atoms with Gasteiger partial charge in [-0.25, -0.2) is 14.8 Å². The Labute approximate surface area is 223 Å². The molecule has 0 radical (unpaired) electrons. The highest BCUT2D eigenvalue weighted by molar-refractivity contribution is 6.33. The number of hydrogen-bond acceptors (Lipinski definition) is 5. The monoisotopic (exact) mass is 526 g/mol. The first-order chi connectivity index (χ1) is 17.8. The van der Waals surface area contributed by atoms with Crippen LogP contribution < -0.4 is 10.2 Å². The highest BCUT2D eigenvalue weighted by atomic mass is 35.5. The maximum Gasteiger partial charge on any atom is 0.334 e. The van der Waals surface area contributed by atoms with Crippen LogP contribution in [0.2, 0.25) is 5.02 Å². The molecule has 10 heteroatoms. The Morgan fingerprint density at radius 3 is 2.54 bits per heavy atom. The standard InChI is InChI=1S/C27H35ClN6O3/c1-5-15-33(6-2)34(27(37)29-16-21-11-8-7-9-12-21)24-18-31(25(36)19-32(24)20-35)17-22-13-10-14-23(28)26(22)30(3)4/h5,7-14,20,24H,1,6,15-19H2,2-4H3,(H,29,37). The van der Waals surface area contributed by atoms with Gasteiger partial charge in [0.25, 0.3) is 0 Å². The molecule has 1 aliphatic heterocycles. The van der Waals surface area contributed by atoms with Crippen LogP contribution in [0.25, 0.3) is 0 Å². The molecule has 1 atom stereocenters. The molecule has 1 fully saturated rings. The molecule has 0 bridgehead atoms. The van der Waals surface area contributed by atoms with Crippen LogP contribution in [0.3, 0.4) is 0 Å². The lowest BCUT2D eigenvalue weighted by atomic mass is 10.1. The average molecular weight is 527 g/mol. The van der Waals surface area contributed by atoms with Crippen molar-refractivity contribution < 1.29 is 14.4 Å². The van der Waals surface area contributed by atoms with E-state index in [9.17, 15) is 14.4 Å². The van der Waals surface area contributed by atoms with Crippen molar-refractivity contribution in [2.45, 2.75) is 26.2 Å². The minimum absolute atomic E-state index is 0.139. The van der Waals surface area contributed by atoms with E-state index in [0.717, 1.165) is 16.8 Å². The number of nitrogens with zero attached hydrogens (tertiary/aromatic N) is 5. The van der Waals surface area contributed by atoms with Gasteiger partial charge in [-0.05, 0) is 17.2 Å². The van der Waals surface area contributed by atoms with Crippen molar-refractivity contribution in [3.8, 4) is 0 Å². The summed E-state index contributed by atoms with van der Waals surface area (Å²) in [6.07, 6.45) is 1.63. The van der Waals surface area contributed by atoms with E-state index >= 15 is 0 Å². The molecule has 198 valence electrons. The van der Waals surface area contributed by atoms with Crippen molar-refractivity contribution in [3.63, 3.8) is 0 Å². The number of rotatable bonds is 11. The summed E-state index contributed by atoms with van der Waals surface area (Å²) in [5, 5.41) is 6.89. The Morgan fingerprint density at radius 1 is 1.19 bits per heavy atom. The molecular weight excluding hydrogens is 492 g/mol. The molecule has 4 amide bonds. The summed E-state index contributed by atoms with van der Waals surface area (Å²) in [4.78, 5) is 43.7. The number of urea groups is 1. The van der Waals surface area contributed by atoms with Crippen molar-refractivity contribution in [2.75, 3.05) is 45.2 Å². The zero-order valence-electron chi connectivity index (χ0n) is 21.6. The van der Waals surface area contributed by atoms with Gasteiger partial charge in [0.05, 0.1) is 17.3 Å². The van der Waals surface area contributed by atoms with E-state index in [4.69, 9.17) is 11.6 Å². The molecule has 9 nitrogen and oxygen atoms in total. The Bertz CT molecular complexity index is 1100. The molecular formula is C27H35ClN6O3. The minimum atomic E-state index is -0.701. The quantitative estimate of drug-likeness (QED) is 0.276. The molecule has 1 saturated heterocycles. The van der Waals surface area contributed by atoms with Crippen LogP contribution in [0, 0.1) is 0 Å². The van der Waals surface area contributed by atoms with Gasteiger partial charge in [0, 0.05) is 40.3 Å². The highest BCUT2D eigenvalue weighted by Crippen LogP contribution is 2.30. The second kappa shape index (κ2) is 13.1. The number of halogens is 1. The second-order valence-electron chi connectivity index (χ2n) is 8.96. The summed E-state index contributed by atoms with van der Waals surface area (Å²) in [5.74, 6) is -0.204. The molecule has 0 saturated carbocycles. The first kappa shape index (κ1) is 28.0. The first-order valence-corrected chi connectivity index (χ1v) is 12.6. The van der Waals surface area contributed by atoms with Crippen LogP contribution in [0.4, 0.5) is 10.5 Å². The van der Waals surface area contributed by atoms with Gasteiger partial charge in [-0.2, -0.15) is 0 Å². The van der Waals surface area contributed by atoms with Gasteiger partial charge in [-0.1, -0.05) is 67.1 Å². The molecule has 0 aliphatic carbocycles. The third-order valence-electron chi connectivity index (χ3n) is 6.24. The number of carbonyl (C=O) groups excluding carboxylic acids is 3. The lowest BCUT2D eigenvalue weighted by Gasteiger charge is -2.47. The smallest absolute Gasteiger partial charge is 0.334 e. The largest absolute Gasteiger partial charge is 0.376 e. The number of nitrogens with one attached hydrogen (secondary N) is 1. The highest BCUT2D eigenvalue weighted by Gasteiger charge is 2.39. The zero-order chi connectivity index (χ0) is 26.9. The van der Waals surface area contributed by atoms with Crippen molar-refractivity contribution in [3.05, 3.63) is 77.3 Å². The number of hydrogen-bond donors (Lipinski definition) is 1. The van der Waals surface area contributed by atoms with Crippen LogP contribution in [-0.4, -0.2) is 84.6 Å². The topological polar surface area (TPSA) is 79.4 Å². The van der Waals surface area contributed by atoms with Gasteiger partial charge in [0.15, 0.2) is 0 Å². The van der Waals surface area contributed by atoms with E-state index in [1.807, 2.05) is 79.5 Å². The average Bonchev–Trinajstić information content (AvgIpc) is 2.89. The summed E-state index contributed by atoms with van der Waals surface area (Å²) < 4.78 is 0. The molecule has 37 heavy (non-hydrogen) atoms. The maximum absolute atomic E-state index is 13.6. The summed E-state index contributed by atoms with van der Waals surface area (Å²) in [6.45, 7) is 7.26. The maximum atomic E-state index is 13.6. The Morgan fingerprint density at radius 2 is 1.92 bits per heavy atom. The number of likely N-dealkylation sites (N-methyl/N-ethyl adjacent to an activating group) is 1. The molecule has 2 aromatic rings. The summed E-state index contributed by atoms with van der Waals surface area (Å²) in [7, 11) is 3.79. The normalized spacial score (nSPS) is 15.5. The molecule has 1 heterocycles. The predicted molar refractivity (Wildman–Crippen MR) is 146 cm³/mol.